The Labute approximate surface area is 313 Å². The molecule has 5 aliphatic carbocycles. The molecule has 6 N–H and O–H groups in total. The molecule has 7 rings (SSSR count). The fourth-order valence-corrected chi connectivity index (χ4v) is 12.2. The van der Waals surface area contributed by atoms with Crippen molar-refractivity contribution in [3.8, 4) is 0 Å². The number of allylic oxidation sites excluding steroid dienone is 10. The molecule has 2 saturated heterocycles. The van der Waals surface area contributed by atoms with Crippen LogP contribution in [0.3, 0.4) is 0 Å². The lowest BCUT2D eigenvalue weighted by Gasteiger charge is -2.58. The van der Waals surface area contributed by atoms with E-state index in [1.165, 1.54) is 78.0 Å². The molecule has 13 unspecified atom stereocenters. The van der Waals surface area contributed by atoms with E-state index in [4.69, 9.17) is 9.47 Å². The van der Waals surface area contributed by atoms with Crippen LogP contribution in [-0.2, 0) is 28.7 Å². The van der Waals surface area contributed by atoms with Crippen LogP contribution in [0.4, 0.5) is 0 Å². The maximum atomic E-state index is 15.0. The molecule has 0 aromatic rings. The molecule has 12 nitrogen and oxygen atoms in total. The highest BCUT2D eigenvalue weighted by Gasteiger charge is 2.99. The van der Waals surface area contributed by atoms with Gasteiger partial charge in [-0.25, -0.2) is 0 Å². The minimum absolute atomic E-state index is 0.0861. The molecule has 0 aromatic heterocycles. The van der Waals surface area contributed by atoms with E-state index in [9.17, 15) is 45.0 Å². The van der Waals surface area contributed by atoms with E-state index < -0.39 is 109 Å². The van der Waals surface area contributed by atoms with E-state index >= 15 is 4.79 Å². The number of carbonyl (C=O) groups excluding carboxylic acids is 4. The summed E-state index contributed by atoms with van der Waals surface area (Å²) in [6.07, 6.45) is 14.9. The van der Waals surface area contributed by atoms with Crippen molar-refractivity contribution in [2.24, 2.45) is 45.8 Å². The molecule has 0 spiro atoms. The van der Waals surface area contributed by atoms with Crippen molar-refractivity contribution in [2.45, 2.75) is 90.7 Å². The van der Waals surface area contributed by atoms with Crippen LogP contribution < -0.4 is 0 Å². The maximum Gasteiger partial charge on any atom is 0.210 e. The third kappa shape index (κ3) is 3.67. The number of rotatable bonds is 6. The van der Waals surface area contributed by atoms with Crippen molar-refractivity contribution in [1.82, 2.24) is 0 Å². The van der Waals surface area contributed by atoms with E-state index in [-0.39, 0.29) is 22.5 Å². The zero-order valence-corrected chi connectivity index (χ0v) is 31.8. The molecule has 13 atom stereocenters. The third-order valence-corrected chi connectivity index (χ3v) is 14.5. The van der Waals surface area contributed by atoms with E-state index in [2.05, 4.69) is 0 Å². The normalized spacial score (nSPS) is 51.9. The van der Waals surface area contributed by atoms with Gasteiger partial charge in [-0.2, -0.15) is 0 Å². The molecule has 2 aliphatic heterocycles. The summed E-state index contributed by atoms with van der Waals surface area (Å²) in [7, 11) is 0. The molecular weight excluding hydrogens is 696 g/mol. The number of carbonyl (C=O) groups is 4. The fourth-order valence-electron chi connectivity index (χ4n) is 12.2. The van der Waals surface area contributed by atoms with Crippen LogP contribution in [0.5, 0.6) is 0 Å². The van der Waals surface area contributed by atoms with Crippen molar-refractivity contribution in [2.75, 3.05) is 0 Å². The number of Topliss-reactive ketones (excluding diaryl/α,β-unsaturated/α-hetero) is 4. The Morgan fingerprint density at radius 3 is 1.44 bits per heavy atom. The van der Waals surface area contributed by atoms with Gasteiger partial charge in [-0.05, 0) is 79.5 Å². The van der Waals surface area contributed by atoms with E-state index in [0.29, 0.717) is 0 Å². The van der Waals surface area contributed by atoms with Crippen LogP contribution >= 0.6 is 0 Å². The Bertz CT molecular complexity index is 2090. The second-order valence-electron chi connectivity index (χ2n) is 17.0. The monoisotopic (exact) mass is 744 g/mol. The lowest BCUT2D eigenvalue weighted by Crippen LogP contribution is -2.74. The highest BCUT2D eigenvalue weighted by Crippen LogP contribution is 2.84. The molecule has 7 fully saturated rings. The number of hydrogen-bond donors (Lipinski definition) is 6. The molecule has 54 heavy (non-hydrogen) atoms. The Kier molecular flexibility index (Phi) is 7.74. The minimum Gasteiger partial charge on any atom is -0.508 e. The second kappa shape index (κ2) is 11.0. The quantitative estimate of drug-likeness (QED) is 0.0735. The van der Waals surface area contributed by atoms with Crippen LogP contribution in [0, 0.1) is 45.8 Å². The topological polar surface area (TPSA) is 208 Å². The number of hydrogen-bond acceptors (Lipinski definition) is 12. The molecule has 0 amide bonds. The highest BCUT2D eigenvalue weighted by atomic mass is 16.8. The molecule has 2 heterocycles. The maximum absolute atomic E-state index is 15.0. The molecule has 5 saturated carbocycles. The first-order valence-corrected chi connectivity index (χ1v) is 18.3. The van der Waals surface area contributed by atoms with Crippen molar-refractivity contribution >= 4 is 23.1 Å². The summed E-state index contributed by atoms with van der Waals surface area (Å²) in [5, 5.41) is 71.1. The predicted octanol–water partition coefficient (Wildman–Crippen LogP) is 4.41. The van der Waals surface area contributed by atoms with Gasteiger partial charge in [-0.3, -0.25) is 19.2 Å². The van der Waals surface area contributed by atoms with Gasteiger partial charge >= 0.3 is 0 Å². The Hall–Kier alpha value is -4.20. The fraction of sp³-hybridized carbons (Fsp3) is 0.524. The predicted molar refractivity (Wildman–Crippen MR) is 193 cm³/mol. The molecule has 7 aliphatic rings. The summed E-state index contributed by atoms with van der Waals surface area (Å²) in [5.74, 6) is -15.1. The number of ether oxygens (including phenoxy) is 2. The van der Waals surface area contributed by atoms with Gasteiger partial charge in [0.1, 0.15) is 34.1 Å². The Balaban J connectivity index is 1.41. The van der Waals surface area contributed by atoms with Crippen LogP contribution in [0.15, 0.2) is 94.8 Å². The first kappa shape index (κ1) is 38.1. The average molecular weight is 745 g/mol. The summed E-state index contributed by atoms with van der Waals surface area (Å²) in [4.78, 5) is 57.9. The van der Waals surface area contributed by atoms with Crippen LogP contribution in [-0.4, -0.2) is 82.1 Å². The van der Waals surface area contributed by atoms with Crippen LogP contribution in [0.1, 0.15) is 62.3 Å². The largest absolute Gasteiger partial charge is 0.508 e. The minimum atomic E-state index is -2.45. The number of aliphatic hydroxyl groups is 6. The molecular formula is C42H48O12. The summed E-state index contributed by atoms with van der Waals surface area (Å²) >= 11 is 0. The van der Waals surface area contributed by atoms with E-state index in [1.807, 2.05) is 0 Å². The lowest BCUT2D eigenvalue weighted by atomic mass is 9.39. The Morgan fingerprint density at radius 1 is 0.611 bits per heavy atom. The summed E-state index contributed by atoms with van der Waals surface area (Å²) in [6, 6.07) is 0. The second-order valence-corrected chi connectivity index (χ2v) is 17.0. The van der Waals surface area contributed by atoms with Crippen molar-refractivity contribution < 1.29 is 59.3 Å². The van der Waals surface area contributed by atoms with Crippen molar-refractivity contribution in [3.05, 3.63) is 94.8 Å². The zero-order chi connectivity index (χ0) is 40.1. The molecule has 2 bridgehead atoms. The molecule has 288 valence electrons. The molecule has 0 aromatic carbocycles. The summed E-state index contributed by atoms with van der Waals surface area (Å²) in [6.45, 7) is 13.5. The average Bonchev–Trinajstić information content (AvgIpc) is 3.41. The first-order valence-electron chi connectivity index (χ1n) is 18.3. The van der Waals surface area contributed by atoms with Gasteiger partial charge in [0.05, 0.1) is 16.2 Å². The summed E-state index contributed by atoms with van der Waals surface area (Å²) in [5.41, 5.74) is -12.6. The number of ketones is 4. The molecule has 12 heteroatoms. The zero-order valence-electron chi connectivity index (χ0n) is 31.8. The number of fused-ring (bicyclic) bond motifs is 11. The van der Waals surface area contributed by atoms with Gasteiger partial charge < -0.3 is 40.1 Å². The third-order valence-electron chi connectivity index (χ3n) is 14.5. The van der Waals surface area contributed by atoms with Gasteiger partial charge in [0, 0.05) is 40.4 Å². The first-order chi connectivity index (χ1) is 24.9. The van der Waals surface area contributed by atoms with Crippen LogP contribution in [0.2, 0.25) is 0 Å². The van der Waals surface area contributed by atoms with Gasteiger partial charge in [-0.15, -0.1) is 0 Å². The van der Waals surface area contributed by atoms with Crippen LogP contribution in [0.25, 0.3) is 0 Å². The number of aliphatic hydroxyl groups excluding tert-OH is 3. The van der Waals surface area contributed by atoms with Crippen molar-refractivity contribution in [3.63, 3.8) is 0 Å². The van der Waals surface area contributed by atoms with Gasteiger partial charge in [0.25, 0.3) is 0 Å². The van der Waals surface area contributed by atoms with Crippen molar-refractivity contribution in [1.29, 1.82) is 0 Å². The highest BCUT2D eigenvalue weighted by molar-refractivity contribution is 6.21. The standard InChI is InChI=1S/C42H48O12/c1-10-12-14-16-22(43)25-28-20(3)21(35(4,31(25)46)34(49)38(28,7)50)18-19-24(45)27-30-37(6)32(47)26(23(44)17-15-13-11-2)29-36(5,33(27)48)41(51)40(30,9)54-42(37,52)39(29,8)53-41/h10-21,28-30,43-45,50-52H,1-9H3. The smallest absolute Gasteiger partial charge is 0.210 e. The van der Waals surface area contributed by atoms with E-state index in [1.54, 1.807) is 45.1 Å². The van der Waals surface area contributed by atoms with Gasteiger partial charge in [0.2, 0.25) is 11.6 Å². The van der Waals surface area contributed by atoms with Gasteiger partial charge in [-0.1, -0.05) is 49.5 Å². The molecule has 0 radical (unpaired) electrons. The lowest BCUT2D eigenvalue weighted by molar-refractivity contribution is -0.450. The van der Waals surface area contributed by atoms with Gasteiger partial charge in [0.15, 0.2) is 23.1 Å². The Morgan fingerprint density at radius 2 is 1.02 bits per heavy atom. The SMILES string of the molecule is CC=CC=CC(O)=C1C(=O)C2(C)C(=O)C(C)(O)C1C(C)C2C=CC(O)=C1C(=O)C2(C)C3C(=C(O)C=CC=CC)C(=O)C4(C)C1C1(C)OC4(O)C3(C)OC12O. The summed E-state index contributed by atoms with van der Waals surface area (Å²) < 4.78 is 12.7. The van der Waals surface area contributed by atoms with E-state index in [0.717, 1.165) is 0 Å².